The maximum absolute atomic E-state index is 7.47. The third-order valence-electron chi connectivity index (χ3n) is 14.7. The van der Waals surface area contributed by atoms with Gasteiger partial charge in [0, 0.05) is 62.6 Å². The van der Waals surface area contributed by atoms with Crippen molar-refractivity contribution in [2.24, 2.45) is 0 Å². The average molecular weight is 928 g/mol. The first-order chi connectivity index (χ1) is 34.1. The third-order valence-corrected chi connectivity index (χ3v) is 14.7. The van der Waals surface area contributed by atoms with Crippen molar-refractivity contribution in [3.05, 3.63) is 274 Å². The maximum Gasteiger partial charge on any atom is 0.159 e. The number of aryl methyl sites for hydroxylation is 6. The Hall–Kier alpha value is -8.08. The summed E-state index contributed by atoms with van der Waals surface area (Å²) in [5, 5.41) is 2.11. The van der Waals surface area contributed by atoms with Gasteiger partial charge in [-0.15, -0.1) is 0 Å². The van der Waals surface area contributed by atoms with Gasteiger partial charge in [-0.25, -0.2) is 0 Å². The second-order valence-electron chi connectivity index (χ2n) is 19.8. The average Bonchev–Trinajstić information content (AvgIpc) is 3.68. The molecule has 2 aliphatic rings. The van der Waals surface area contributed by atoms with Gasteiger partial charge in [0.05, 0.1) is 11.4 Å². The van der Waals surface area contributed by atoms with Gasteiger partial charge >= 0.3 is 0 Å². The van der Waals surface area contributed by atoms with Crippen molar-refractivity contribution >= 4 is 56.5 Å². The fourth-order valence-electron chi connectivity index (χ4n) is 9.82. The SMILES string of the molecule is C=C/C=C(C)\C(C)=C/N(c1ccc(C)c(C)c1)c1cccc2c1oc1c3c(ccc12)C=CC1=C(/C=C(/N(c2ccc(C)c(C)c2)c2ccc(C)c(C)c2)C(=C)C(=C)/C=C\C=C/N1c1ccccc1)C3(C)C. The van der Waals surface area contributed by atoms with Crippen molar-refractivity contribution in [1.29, 1.82) is 0 Å². The molecule has 6 aromatic carbocycles. The Labute approximate surface area is 422 Å². The van der Waals surface area contributed by atoms with Crippen molar-refractivity contribution in [2.45, 2.75) is 74.7 Å². The number of anilines is 5. The van der Waals surface area contributed by atoms with Gasteiger partial charge in [0.1, 0.15) is 5.58 Å². The molecule has 0 fully saturated rings. The lowest BCUT2D eigenvalue weighted by atomic mass is 9.74. The predicted molar refractivity (Wildman–Crippen MR) is 306 cm³/mol. The molecule has 9 rings (SSSR count). The number of hydrogen-bond acceptors (Lipinski definition) is 4. The first-order valence-electron chi connectivity index (χ1n) is 24.6. The van der Waals surface area contributed by atoms with Gasteiger partial charge in [-0.2, -0.15) is 0 Å². The number of hydrogen-bond donors (Lipinski definition) is 0. The zero-order valence-corrected chi connectivity index (χ0v) is 43.1. The predicted octanol–water partition coefficient (Wildman–Crippen LogP) is 18.6. The fourth-order valence-corrected chi connectivity index (χ4v) is 9.82. The number of nitrogens with zero attached hydrogens (tertiary/aromatic N) is 3. The van der Waals surface area contributed by atoms with E-state index < -0.39 is 5.41 Å². The van der Waals surface area contributed by atoms with E-state index in [4.69, 9.17) is 11.0 Å². The van der Waals surface area contributed by atoms with Crippen LogP contribution in [-0.2, 0) is 5.41 Å². The summed E-state index contributed by atoms with van der Waals surface area (Å²) in [4.78, 5) is 6.95. The molecule has 0 unspecified atom stereocenters. The molecule has 354 valence electrons. The molecule has 0 N–H and O–H groups in total. The summed E-state index contributed by atoms with van der Waals surface area (Å²) in [7, 11) is 0. The number of para-hydroxylation sites is 2. The largest absolute Gasteiger partial charge is 0.453 e. The Bertz CT molecular complexity index is 3490. The molecule has 0 bridgehead atoms. The van der Waals surface area contributed by atoms with Crippen LogP contribution in [0.5, 0.6) is 0 Å². The van der Waals surface area contributed by atoms with E-state index in [2.05, 4.69) is 267 Å². The van der Waals surface area contributed by atoms with Crippen LogP contribution in [0.3, 0.4) is 0 Å². The molecule has 1 aliphatic carbocycles. The van der Waals surface area contributed by atoms with Gasteiger partial charge < -0.3 is 19.1 Å². The van der Waals surface area contributed by atoms with Crippen molar-refractivity contribution in [3.63, 3.8) is 0 Å². The molecule has 0 atom stereocenters. The molecule has 71 heavy (non-hydrogen) atoms. The van der Waals surface area contributed by atoms with E-state index in [1.165, 1.54) is 33.4 Å². The number of fused-ring (bicyclic) bond motifs is 5. The Morgan fingerprint density at radius 1 is 0.620 bits per heavy atom. The first kappa shape index (κ1) is 48.0. The summed E-state index contributed by atoms with van der Waals surface area (Å²) in [6, 6.07) is 41.7. The minimum absolute atomic E-state index is 0.675. The highest BCUT2D eigenvalue weighted by Crippen LogP contribution is 2.50. The normalized spacial score (nSPS) is 16.8. The van der Waals surface area contributed by atoms with Gasteiger partial charge in [0.15, 0.2) is 5.58 Å². The van der Waals surface area contributed by atoms with Gasteiger partial charge in [0.25, 0.3) is 0 Å². The van der Waals surface area contributed by atoms with E-state index in [1.807, 2.05) is 6.08 Å². The molecule has 0 amide bonds. The number of benzene rings is 6. The minimum atomic E-state index is -0.675. The number of rotatable bonds is 9. The van der Waals surface area contributed by atoms with Crippen LogP contribution in [0.1, 0.15) is 72.2 Å². The van der Waals surface area contributed by atoms with Gasteiger partial charge in [-0.3, -0.25) is 0 Å². The maximum atomic E-state index is 7.47. The Balaban J connectivity index is 1.36. The van der Waals surface area contributed by atoms with Crippen LogP contribution in [0.2, 0.25) is 0 Å². The highest BCUT2D eigenvalue weighted by molar-refractivity contribution is 6.11. The van der Waals surface area contributed by atoms with Crippen LogP contribution in [0, 0.1) is 41.5 Å². The van der Waals surface area contributed by atoms with Crippen molar-refractivity contribution < 1.29 is 4.42 Å². The summed E-state index contributed by atoms with van der Waals surface area (Å²) in [6.07, 6.45) is 21.4. The van der Waals surface area contributed by atoms with Crippen molar-refractivity contribution in [1.82, 2.24) is 0 Å². The van der Waals surface area contributed by atoms with Crippen LogP contribution in [0.15, 0.2) is 234 Å². The lowest BCUT2D eigenvalue weighted by Crippen LogP contribution is -2.27. The zero-order valence-electron chi connectivity index (χ0n) is 43.1. The third kappa shape index (κ3) is 9.03. The van der Waals surface area contributed by atoms with Crippen LogP contribution >= 0.6 is 0 Å². The number of furan rings is 1. The molecular weight excluding hydrogens is 863 g/mol. The molecule has 7 aromatic rings. The summed E-state index contributed by atoms with van der Waals surface area (Å²) >= 11 is 0. The topological polar surface area (TPSA) is 22.9 Å². The quantitative estimate of drug-likeness (QED) is 0.135. The van der Waals surface area contributed by atoms with E-state index in [9.17, 15) is 0 Å². The lowest BCUT2D eigenvalue weighted by Gasteiger charge is -2.35. The van der Waals surface area contributed by atoms with Crippen LogP contribution in [-0.4, -0.2) is 0 Å². The second-order valence-corrected chi connectivity index (χ2v) is 19.8. The summed E-state index contributed by atoms with van der Waals surface area (Å²) in [5.41, 5.74) is 22.6. The number of allylic oxidation sites excluding steroid dienone is 11. The highest BCUT2D eigenvalue weighted by atomic mass is 16.3. The first-order valence-corrected chi connectivity index (χ1v) is 24.6. The summed E-state index contributed by atoms with van der Waals surface area (Å²) < 4.78 is 7.47. The molecule has 2 heterocycles. The molecule has 4 heteroatoms. The van der Waals surface area contributed by atoms with Crippen LogP contribution in [0.4, 0.5) is 28.4 Å². The van der Waals surface area contributed by atoms with Crippen molar-refractivity contribution in [2.75, 3.05) is 14.7 Å². The Morgan fingerprint density at radius 2 is 1.24 bits per heavy atom. The Kier molecular flexibility index (Phi) is 13.1. The molecule has 1 aliphatic heterocycles. The van der Waals surface area contributed by atoms with E-state index >= 15 is 0 Å². The fraction of sp³-hybridized carbons (Fsp3) is 0.164. The van der Waals surface area contributed by atoms with E-state index in [0.717, 1.165) is 101 Å². The molecular formula is C67H65N3O. The summed E-state index contributed by atoms with van der Waals surface area (Å²) in [5.74, 6) is 0. The highest BCUT2D eigenvalue weighted by Gasteiger charge is 2.37. The smallest absolute Gasteiger partial charge is 0.159 e. The second kappa shape index (κ2) is 19.4. The van der Waals surface area contributed by atoms with Crippen molar-refractivity contribution in [3.8, 4) is 0 Å². The van der Waals surface area contributed by atoms with E-state index in [1.54, 1.807) is 0 Å². The minimum Gasteiger partial charge on any atom is -0.453 e. The Morgan fingerprint density at radius 3 is 1.87 bits per heavy atom. The molecule has 4 nitrogen and oxygen atoms in total. The molecule has 0 radical (unpaired) electrons. The standard InChI is InChI=1S/C67H65N3O/c1-14-21-43(2)51(10)42-69(55-32-27-44(3)48(7)38-55)62-26-20-25-58-59-35-30-53-31-36-61-60(67(12,13)64(53)66(59)71-65(58)62)41-63(52(11)47(6)22-18-19-37-68(61)54-23-16-15-17-24-54)70(56-33-28-45(4)49(8)39-56)57-34-29-46(5)50(9)40-57/h14-42H,1,6,11H2,2-5,7-10,12-13H3/b22-18-,37-19-,43-21-,51-42-,63-41+. The molecule has 1 aromatic heterocycles. The van der Waals surface area contributed by atoms with E-state index in [0.29, 0.717) is 0 Å². The summed E-state index contributed by atoms with van der Waals surface area (Å²) in [6.45, 7) is 35.5. The molecule has 0 spiro atoms. The van der Waals surface area contributed by atoms with Gasteiger partial charge in [-0.1, -0.05) is 119 Å². The van der Waals surface area contributed by atoms with Crippen LogP contribution < -0.4 is 14.7 Å². The van der Waals surface area contributed by atoms with E-state index in [-0.39, 0.29) is 0 Å². The monoisotopic (exact) mass is 928 g/mol. The molecule has 0 saturated heterocycles. The van der Waals surface area contributed by atoms with Gasteiger partial charge in [-0.05, 0) is 201 Å². The lowest BCUT2D eigenvalue weighted by molar-refractivity contribution is 0.602. The van der Waals surface area contributed by atoms with Gasteiger partial charge in [0.2, 0.25) is 0 Å². The molecule has 0 saturated carbocycles. The van der Waals surface area contributed by atoms with Crippen LogP contribution in [0.25, 0.3) is 28.0 Å². The zero-order chi connectivity index (χ0) is 50.3.